The van der Waals surface area contributed by atoms with E-state index in [4.69, 9.17) is 0 Å². The number of carbonyl (C=O) groups excluding carboxylic acids is 2. The molecular weight excluding hydrogens is 493 g/mol. The Morgan fingerprint density at radius 2 is 0.686 bits per heavy atom. The Kier molecular flexibility index (Phi) is 30.2. The molecule has 2 amide bonds. The summed E-state index contributed by atoms with van der Waals surface area (Å²) in [7, 11) is 3.99. The second kappa shape index (κ2) is 30.2. The van der Waals surface area contributed by atoms with E-state index in [1.807, 2.05) is 0 Å². The van der Waals surface area contributed by atoms with Crippen LogP contribution in [-0.4, -0.2) is 11.8 Å². The summed E-state index contributed by atoms with van der Waals surface area (Å²) < 4.78 is 5.70. The molecule has 0 spiro atoms. The lowest BCUT2D eigenvalue weighted by Crippen LogP contribution is -2.15. The van der Waals surface area contributed by atoms with Gasteiger partial charge in [0.15, 0.2) is 0 Å². The van der Waals surface area contributed by atoms with Crippen LogP contribution in [0.1, 0.15) is 168 Å². The third-order valence-electron chi connectivity index (χ3n) is 6.39. The van der Waals surface area contributed by atoms with Gasteiger partial charge in [0.1, 0.15) is 0 Å². The summed E-state index contributed by atoms with van der Waals surface area (Å²) in [6.07, 6.45) is 29.7. The standard InChI is InChI=1S/C28H56N2O2S3/c1-3-5-7-9-11-13-15-17-19-21-23-25-27(31)29-33-35-34-30-28(32)26-24-22-20-18-16-14-12-10-8-6-4-2/h3-26H2,1-2H3,(H,29,31)(H,30,32). The molecule has 0 saturated carbocycles. The molecular formula is C28H56N2O2S3. The number of hydrogen-bond donors (Lipinski definition) is 2. The van der Waals surface area contributed by atoms with Gasteiger partial charge in [0, 0.05) is 44.6 Å². The molecule has 0 aromatic rings. The lowest BCUT2D eigenvalue weighted by molar-refractivity contribution is -0.120. The maximum atomic E-state index is 11.9. The van der Waals surface area contributed by atoms with Crippen LogP contribution in [0.3, 0.4) is 0 Å². The van der Waals surface area contributed by atoms with Crippen LogP contribution in [-0.2, 0) is 9.59 Å². The van der Waals surface area contributed by atoms with E-state index < -0.39 is 0 Å². The highest BCUT2D eigenvalue weighted by Crippen LogP contribution is 2.29. The smallest absolute Gasteiger partial charge is 0.230 e. The van der Waals surface area contributed by atoms with Crippen LogP contribution in [0.15, 0.2) is 0 Å². The highest BCUT2D eigenvalue weighted by molar-refractivity contribution is 9.08. The Balaban J connectivity index is 3.27. The SMILES string of the molecule is CCCCCCCCCCCCCC(=O)NSSSNC(=O)CCCCCCCCCCCCC. The van der Waals surface area contributed by atoms with E-state index in [0.717, 1.165) is 25.7 Å². The van der Waals surface area contributed by atoms with E-state index in [1.54, 1.807) is 0 Å². The Labute approximate surface area is 229 Å². The maximum Gasteiger partial charge on any atom is 0.230 e. The van der Waals surface area contributed by atoms with Gasteiger partial charge in [-0.25, -0.2) is 0 Å². The first-order valence-electron chi connectivity index (χ1n) is 14.8. The van der Waals surface area contributed by atoms with Crippen molar-refractivity contribution in [3.8, 4) is 0 Å². The second-order valence-electron chi connectivity index (χ2n) is 9.86. The minimum Gasteiger partial charge on any atom is -0.290 e. The van der Waals surface area contributed by atoms with Crippen LogP contribution in [0.25, 0.3) is 0 Å². The number of amides is 2. The summed E-state index contributed by atoms with van der Waals surface area (Å²) in [5.41, 5.74) is 0. The zero-order chi connectivity index (χ0) is 25.7. The molecule has 0 unspecified atom stereocenters. The molecule has 0 aliphatic heterocycles. The van der Waals surface area contributed by atoms with Crippen LogP contribution in [0, 0.1) is 0 Å². The quantitative estimate of drug-likeness (QED) is 0.0578. The van der Waals surface area contributed by atoms with Gasteiger partial charge in [-0.05, 0) is 12.8 Å². The van der Waals surface area contributed by atoms with E-state index in [2.05, 4.69) is 23.3 Å². The van der Waals surface area contributed by atoms with Crippen molar-refractivity contribution in [2.75, 3.05) is 0 Å². The molecule has 0 aromatic carbocycles. The van der Waals surface area contributed by atoms with Crippen molar-refractivity contribution in [2.24, 2.45) is 0 Å². The third kappa shape index (κ3) is 30.1. The van der Waals surface area contributed by atoms with Gasteiger partial charge in [0.25, 0.3) is 0 Å². The fourth-order valence-corrected chi connectivity index (χ4v) is 6.42. The van der Waals surface area contributed by atoms with Crippen molar-refractivity contribution in [1.29, 1.82) is 0 Å². The number of hydrogen-bond acceptors (Lipinski definition) is 5. The molecule has 0 rings (SSSR count). The molecule has 0 aliphatic carbocycles. The average Bonchev–Trinajstić information content (AvgIpc) is 2.85. The number of rotatable bonds is 28. The van der Waals surface area contributed by atoms with Gasteiger partial charge in [-0.15, -0.1) is 0 Å². The molecule has 0 radical (unpaired) electrons. The number of unbranched alkanes of at least 4 members (excludes halogenated alkanes) is 20. The Morgan fingerprint density at radius 3 is 0.971 bits per heavy atom. The highest BCUT2D eigenvalue weighted by Gasteiger charge is 2.04. The summed E-state index contributed by atoms with van der Waals surface area (Å²) in [5, 5.41) is 0. The third-order valence-corrected chi connectivity index (χ3v) is 9.28. The van der Waals surface area contributed by atoms with Crippen molar-refractivity contribution < 1.29 is 9.59 Å². The van der Waals surface area contributed by atoms with E-state index in [0.29, 0.717) is 12.8 Å². The van der Waals surface area contributed by atoms with E-state index in [9.17, 15) is 9.59 Å². The van der Waals surface area contributed by atoms with Crippen LogP contribution in [0.5, 0.6) is 0 Å². The molecule has 0 heterocycles. The molecule has 7 heteroatoms. The predicted molar refractivity (Wildman–Crippen MR) is 161 cm³/mol. The molecule has 208 valence electrons. The van der Waals surface area contributed by atoms with Crippen molar-refractivity contribution in [3.05, 3.63) is 0 Å². The van der Waals surface area contributed by atoms with E-state index >= 15 is 0 Å². The fourth-order valence-electron chi connectivity index (χ4n) is 4.15. The van der Waals surface area contributed by atoms with Crippen molar-refractivity contribution in [3.63, 3.8) is 0 Å². The van der Waals surface area contributed by atoms with Crippen LogP contribution >= 0.6 is 31.8 Å². The minimum atomic E-state index is 0.0892. The summed E-state index contributed by atoms with van der Waals surface area (Å²) in [6, 6.07) is 0. The fraction of sp³-hybridized carbons (Fsp3) is 0.929. The molecule has 0 saturated heterocycles. The van der Waals surface area contributed by atoms with Gasteiger partial charge < -0.3 is 0 Å². The van der Waals surface area contributed by atoms with Crippen LogP contribution < -0.4 is 9.44 Å². The van der Waals surface area contributed by atoms with Gasteiger partial charge in [0.2, 0.25) is 11.8 Å². The summed E-state index contributed by atoms with van der Waals surface area (Å²) in [4.78, 5) is 23.8. The Bertz CT molecular complexity index is 427. The van der Waals surface area contributed by atoms with E-state index in [-0.39, 0.29) is 11.8 Å². The molecule has 4 nitrogen and oxygen atoms in total. The lowest BCUT2D eigenvalue weighted by Gasteiger charge is -2.05. The number of nitrogens with one attached hydrogen (secondary N) is 2. The average molecular weight is 549 g/mol. The molecule has 0 fully saturated rings. The van der Waals surface area contributed by atoms with Crippen molar-refractivity contribution in [2.45, 2.75) is 168 Å². The number of carbonyl (C=O) groups is 2. The predicted octanol–water partition coefficient (Wildman–Crippen LogP) is 10.5. The largest absolute Gasteiger partial charge is 0.290 e. The summed E-state index contributed by atoms with van der Waals surface area (Å²) >= 11 is 0. The highest BCUT2D eigenvalue weighted by atomic mass is 33.5. The zero-order valence-corrected chi connectivity index (χ0v) is 25.5. The monoisotopic (exact) mass is 548 g/mol. The normalized spacial score (nSPS) is 11.0. The first-order valence-corrected chi connectivity index (χ1v) is 18.3. The van der Waals surface area contributed by atoms with Crippen LogP contribution in [0.4, 0.5) is 0 Å². The summed E-state index contributed by atoms with van der Waals surface area (Å²) in [5.74, 6) is 0.178. The molecule has 0 aromatic heterocycles. The molecule has 35 heavy (non-hydrogen) atoms. The molecule has 0 aliphatic rings. The first kappa shape index (κ1) is 35.0. The maximum absolute atomic E-state index is 11.9. The lowest BCUT2D eigenvalue weighted by atomic mass is 10.1. The Morgan fingerprint density at radius 1 is 0.429 bits per heavy atom. The van der Waals surface area contributed by atoms with Crippen molar-refractivity contribution >= 4 is 43.6 Å². The topological polar surface area (TPSA) is 58.2 Å². The zero-order valence-electron chi connectivity index (χ0n) is 23.0. The van der Waals surface area contributed by atoms with E-state index in [1.165, 1.54) is 147 Å². The van der Waals surface area contributed by atoms with Crippen molar-refractivity contribution in [1.82, 2.24) is 9.44 Å². The van der Waals surface area contributed by atoms with Gasteiger partial charge >= 0.3 is 0 Å². The second-order valence-corrected chi connectivity index (χ2v) is 13.4. The summed E-state index contributed by atoms with van der Waals surface area (Å²) in [6.45, 7) is 4.52. The Hall–Kier alpha value is -0.0100. The van der Waals surface area contributed by atoms with Crippen LogP contribution in [0.2, 0.25) is 0 Å². The van der Waals surface area contributed by atoms with Gasteiger partial charge in [-0.3, -0.25) is 19.0 Å². The molecule has 2 N–H and O–H groups in total. The molecule has 0 bridgehead atoms. The molecule has 0 atom stereocenters. The van der Waals surface area contributed by atoms with Gasteiger partial charge in [-0.2, -0.15) is 0 Å². The minimum absolute atomic E-state index is 0.0892. The van der Waals surface area contributed by atoms with Gasteiger partial charge in [-0.1, -0.05) is 142 Å². The first-order chi connectivity index (χ1) is 17.2. The van der Waals surface area contributed by atoms with Gasteiger partial charge in [0.05, 0.1) is 0 Å².